The zero-order valence-electron chi connectivity index (χ0n) is 12.6. The molecule has 1 fully saturated rings. The lowest BCUT2D eigenvalue weighted by molar-refractivity contribution is -0.126. The molecule has 5 heteroatoms. The maximum Gasteiger partial charge on any atom is 0.223 e. The molecule has 0 saturated heterocycles. The Bertz CT molecular complexity index is 555. The molecule has 2 N–H and O–H groups in total. The van der Waals surface area contributed by atoms with Crippen molar-refractivity contribution in [1.82, 2.24) is 5.32 Å². The molecule has 1 aliphatic carbocycles. The van der Waals surface area contributed by atoms with Gasteiger partial charge < -0.3 is 15.2 Å². The van der Waals surface area contributed by atoms with Gasteiger partial charge >= 0.3 is 0 Å². The fourth-order valence-electron chi connectivity index (χ4n) is 3.45. The summed E-state index contributed by atoms with van der Waals surface area (Å²) < 4.78 is 18.9. The van der Waals surface area contributed by atoms with Crippen molar-refractivity contribution in [3.63, 3.8) is 0 Å². The summed E-state index contributed by atoms with van der Waals surface area (Å²) in [5.74, 6) is 0.0138. The van der Waals surface area contributed by atoms with Crippen molar-refractivity contribution in [3.8, 4) is 5.75 Å². The van der Waals surface area contributed by atoms with E-state index in [4.69, 9.17) is 4.74 Å². The number of hydrogen-bond donors (Lipinski definition) is 2. The fraction of sp³-hybridized carbons (Fsp3) is 0.588. The largest absolute Gasteiger partial charge is 0.493 e. The summed E-state index contributed by atoms with van der Waals surface area (Å²) in [5.41, 5.74) is -0.0395. The maximum absolute atomic E-state index is 13.3. The monoisotopic (exact) mass is 307 g/mol. The van der Waals surface area contributed by atoms with Gasteiger partial charge in [0.25, 0.3) is 0 Å². The first-order valence-corrected chi connectivity index (χ1v) is 8.00. The van der Waals surface area contributed by atoms with Crippen LogP contribution in [0.5, 0.6) is 5.75 Å². The van der Waals surface area contributed by atoms with Gasteiger partial charge in [0, 0.05) is 11.6 Å². The third-order valence-corrected chi connectivity index (χ3v) is 4.60. The molecule has 1 aromatic rings. The van der Waals surface area contributed by atoms with Crippen LogP contribution in [0.25, 0.3) is 0 Å². The Hall–Kier alpha value is -1.62. The quantitative estimate of drug-likeness (QED) is 0.903. The summed E-state index contributed by atoms with van der Waals surface area (Å²) in [5, 5.41) is 13.3. The number of carbonyl (C=O) groups excluding carboxylic acids is 1. The highest BCUT2D eigenvalue weighted by atomic mass is 19.1. The van der Waals surface area contributed by atoms with Crippen LogP contribution in [0.4, 0.5) is 4.39 Å². The van der Waals surface area contributed by atoms with Gasteiger partial charge in [-0.15, -0.1) is 0 Å². The van der Waals surface area contributed by atoms with Crippen molar-refractivity contribution in [1.29, 1.82) is 0 Å². The van der Waals surface area contributed by atoms with Crippen LogP contribution in [0, 0.1) is 5.82 Å². The summed E-state index contributed by atoms with van der Waals surface area (Å²) in [6.07, 6.45) is 5.02. The third-order valence-electron chi connectivity index (χ3n) is 4.60. The number of amides is 1. The van der Waals surface area contributed by atoms with Crippen molar-refractivity contribution in [2.24, 2.45) is 0 Å². The van der Waals surface area contributed by atoms with Crippen LogP contribution >= 0.6 is 0 Å². The van der Waals surface area contributed by atoms with Gasteiger partial charge in [-0.05, 0) is 31.7 Å². The highest BCUT2D eigenvalue weighted by Crippen LogP contribution is 2.34. The molecule has 1 atom stereocenters. The Morgan fingerprint density at radius 3 is 2.91 bits per heavy atom. The molecule has 1 heterocycles. The summed E-state index contributed by atoms with van der Waals surface area (Å²) >= 11 is 0. The number of aliphatic hydroxyl groups is 1. The van der Waals surface area contributed by atoms with E-state index in [1.807, 2.05) is 0 Å². The summed E-state index contributed by atoms with van der Waals surface area (Å²) in [6.45, 7) is 0.521. The molecule has 4 nitrogen and oxygen atoms in total. The van der Waals surface area contributed by atoms with Gasteiger partial charge in [-0.1, -0.05) is 18.9 Å². The average Bonchev–Trinajstić information content (AvgIpc) is 2.78. The maximum atomic E-state index is 13.3. The van der Waals surface area contributed by atoms with E-state index in [-0.39, 0.29) is 24.2 Å². The number of halogens is 1. The fourth-order valence-corrected chi connectivity index (χ4v) is 3.45. The van der Waals surface area contributed by atoms with E-state index in [0.29, 0.717) is 25.2 Å². The Labute approximate surface area is 129 Å². The number of hydrogen-bond acceptors (Lipinski definition) is 3. The van der Waals surface area contributed by atoms with Crippen LogP contribution < -0.4 is 10.1 Å². The van der Waals surface area contributed by atoms with Crippen molar-refractivity contribution in [3.05, 3.63) is 29.6 Å². The van der Waals surface area contributed by atoms with Crippen LogP contribution in [0.3, 0.4) is 0 Å². The Balaban J connectivity index is 1.70. The Morgan fingerprint density at radius 2 is 2.14 bits per heavy atom. The van der Waals surface area contributed by atoms with E-state index in [0.717, 1.165) is 31.2 Å². The van der Waals surface area contributed by atoms with E-state index >= 15 is 0 Å². The second-order valence-corrected chi connectivity index (χ2v) is 6.40. The minimum absolute atomic E-state index is 0.140. The number of ether oxygens (including phenoxy) is 1. The van der Waals surface area contributed by atoms with E-state index in [9.17, 15) is 14.3 Å². The van der Waals surface area contributed by atoms with E-state index < -0.39 is 5.60 Å². The van der Waals surface area contributed by atoms with Crippen molar-refractivity contribution in [2.45, 2.75) is 56.6 Å². The molecule has 0 bridgehead atoms. The first-order valence-electron chi connectivity index (χ1n) is 8.00. The molecular formula is C17H22FNO3. The molecular weight excluding hydrogens is 285 g/mol. The van der Waals surface area contributed by atoms with Gasteiger partial charge in [-0.2, -0.15) is 0 Å². The molecule has 1 aliphatic heterocycles. The zero-order valence-corrected chi connectivity index (χ0v) is 12.6. The first-order chi connectivity index (χ1) is 10.6. The standard InChI is InChI=1S/C17H22FNO3/c18-12-5-6-13-14(4-3-9-22-15(13)10-12)19-16(20)11-17(21)7-1-2-8-17/h5-6,10,14,21H,1-4,7-9,11H2,(H,19,20). The van der Waals surface area contributed by atoms with Crippen LogP contribution in [0.15, 0.2) is 18.2 Å². The van der Waals surface area contributed by atoms with Crippen LogP contribution in [-0.2, 0) is 4.79 Å². The van der Waals surface area contributed by atoms with Gasteiger partial charge in [0.1, 0.15) is 11.6 Å². The molecule has 0 aromatic heterocycles. The number of rotatable bonds is 3. The summed E-state index contributed by atoms with van der Waals surface area (Å²) in [4.78, 5) is 12.3. The molecule has 0 radical (unpaired) electrons. The second-order valence-electron chi connectivity index (χ2n) is 6.40. The van der Waals surface area contributed by atoms with Crippen LogP contribution in [-0.4, -0.2) is 23.2 Å². The van der Waals surface area contributed by atoms with Crippen molar-refractivity contribution >= 4 is 5.91 Å². The number of nitrogens with one attached hydrogen (secondary N) is 1. The molecule has 1 amide bonds. The van der Waals surface area contributed by atoms with E-state index in [1.54, 1.807) is 6.07 Å². The van der Waals surface area contributed by atoms with Gasteiger partial charge in [-0.3, -0.25) is 4.79 Å². The Kier molecular flexibility index (Phi) is 4.34. The predicted molar refractivity (Wildman–Crippen MR) is 80.0 cm³/mol. The zero-order chi connectivity index (χ0) is 15.6. The highest BCUT2D eigenvalue weighted by Gasteiger charge is 2.34. The van der Waals surface area contributed by atoms with Gasteiger partial charge in [0.2, 0.25) is 5.91 Å². The minimum atomic E-state index is -0.850. The predicted octanol–water partition coefficient (Wildman–Crippen LogP) is 2.85. The molecule has 0 spiro atoms. The number of carbonyl (C=O) groups is 1. The Morgan fingerprint density at radius 1 is 1.36 bits per heavy atom. The average molecular weight is 307 g/mol. The van der Waals surface area contributed by atoms with Gasteiger partial charge in [-0.25, -0.2) is 4.39 Å². The van der Waals surface area contributed by atoms with Crippen LogP contribution in [0.1, 0.15) is 56.6 Å². The second kappa shape index (κ2) is 6.24. The van der Waals surface area contributed by atoms with E-state index in [1.165, 1.54) is 12.1 Å². The third kappa shape index (κ3) is 3.40. The molecule has 1 unspecified atom stereocenters. The van der Waals surface area contributed by atoms with Crippen molar-refractivity contribution < 1.29 is 19.0 Å². The summed E-state index contributed by atoms with van der Waals surface area (Å²) in [6, 6.07) is 4.24. The smallest absolute Gasteiger partial charge is 0.223 e. The topological polar surface area (TPSA) is 58.6 Å². The minimum Gasteiger partial charge on any atom is -0.493 e. The number of benzene rings is 1. The molecule has 1 aromatic carbocycles. The van der Waals surface area contributed by atoms with Crippen molar-refractivity contribution in [2.75, 3.05) is 6.61 Å². The summed E-state index contributed by atoms with van der Waals surface area (Å²) in [7, 11) is 0. The highest BCUT2D eigenvalue weighted by molar-refractivity contribution is 5.77. The lowest BCUT2D eigenvalue weighted by atomic mass is 9.96. The molecule has 120 valence electrons. The number of fused-ring (bicyclic) bond motifs is 1. The molecule has 1 saturated carbocycles. The van der Waals surface area contributed by atoms with E-state index in [2.05, 4.69) is 5.32 Å². The first kappa shape index (κ1) is 15.3. The molecule has 22 heavy (non-hydrogen) atoms. The lowest BCUT2D eigenvalue weighted by Gasteiger charge is -2.24. The lowest BCUT2D eigenvalue weighted by Crippen LogP contribution is -2.36. The molecule has 2 aliphatic rings. The van der Waals surface area contributed by atoms with Gasteiger partial charge in [0.05, 0.1) is 24.7 Å². The van der Waals surface area contributed by atoms with Crippen LogP contribution in [0.2, 0.25) is 0 Å². The van der Waals surface area contributed by atoms with Gasteiger partial charge in [0.15, 0.2) is 0 Å². The normalized spacial score (nSPS) is 23.3. The SMILES string of the molecule is O=C(CC1(O)CCCC1)NC1CCCOc2cc(F)ccc21. The molecule has 3 rings (SSSR count).